The van der Waals surface area contributed by atoms with Gasteiger partial charge in [0, 0.05) is 5.56 Å². The minimum absolute atomic E-state index is 0.0415. The van der Waals surface area contributed by atoms with Gasteiger partial charge in [-0.25, -0.2) is 0 Å². The molecule has 1 aromatic rings. The molecule has 0 saturated carbocycles. The first kappa shape index (κ1) is 10.0. The summed E-state index contributed by atoms with van der Waals surface area (Å²) < 4.78 is 41.8. The molecule has 15 heavy (non-hydrogen) atoms. The Kier molecular flexibility index (Phi) is 2.19. The van der Waals surface area contributed by atoms with E-state index in [1.165, 1.54) is 18.2 Å². The highest BCUT2D eigenvalue weighted by Crippen LogP contribution is 2.34. The predicted octanol–water partition coefficient (Wildman–Crippen LogP) is 2.43. The maximum absolute atomic E-state index is 12.3. The lowest BCUT2D eigenvalue weighted by atomic mass is 10.1. The van der Waals surface area contributed by atoms with Gasteiger partial charge in [-0.15, -0.1) is 0 Å². The fraction of sp³-hybridized carbons (Fsp3) is 0.200. The summed E-state index contributed by atoms with van der Waals surface area (Å²) in [7, 11) is 0. The van der Waals surface area contributed by atoms with Crippen molar-refractivity contribution in [2.75, 3.05) is 0 Å². The highest BCUT2D eigenvalue weighted by Gasteiger charge is 2.31. The first-order chi connectivity index (χ1) is 6.97. The summed E-state index contributed by atoms with van der Waals surface area (Å²) in [6, 6.07) is 3.16. The lowest BCUT2D eigenvalue weighted by molar-refractivity contribution is -0.137. The average Bonchev–Trinajstić information content (AvgIpc) is 2.15. The summed E-state index contributed by atoms with van der Waals surface area (Å²) in [6.45, 7) is 0. The van der Waals surface area contributed by atoms with Gasteiger partial charge in [-0.05, 0) is 24.3 Å². The van der Waals surface area contributed by atoms with Crippen LogP contribution in [0.4, 0.5) is 13.2 Å². The molecule has 1 atom stereocenters. The van der Waals surface area contributed by atoms with Crippen LogP contribution >= 0.6 is 0 Å². The average molecular weight is 216 g/mol. The monoisotopic (exact) mass is 216 g/mol. The molecule has 0 saturated heterocycles. The SMILES string of the molecule is OC1C=Cc2ccc(C(F)(F)F)cc2O1. The van der Waals surface area contributed by atoms with Gasteiger partial charge in [0.25, 0.3) is 0 Å². The molecule has 0 aliphatic carbocycles. The number of fused-ring (bicyclic) bond motifs is 1. The van der Waals surface area contributed by atoms with Gasteiger partial charge in [-0.1, -0.05) is 6.07 Å². The van der Waals surface area contributed by atoms with Crippen LogP contribution in [0.1, 0.15) is 11.1 Å². The minimum Gasteiger partial charge on any atom is -0.461 e. The summed E-state index contributed by atoms with van der Waals surface area (Å²) >= 11 is 0. The number of benzene rings is 1. The second-order valence-corrected chi connectivity index (χ2v) is 3.12. The van der Waals surface area contributed by atoms with Crippen molar-refractivity contribution in [2.45, 2.75) is 12.5 Å². The molecule has 1 aliphatic heterocycles. The molecule has 80 valence electrons. The number of hydrogen-bond donors (Lipinski definition) is 1. The molecular weight excluding hydrogens is 209 g/mol. The summed E-state index contributed by atoms with van der Waals surface area (Å²) in [5.74, 6) is 0.0415. The summed E-state index contributed by atoms with van der Waals surface area (Å²) in [5.41, 5.74) is -0.267. The van der Waals surface area contributed by atoms with Gasteiger partial charge in [0.2, 0.25) is 6.29 Å². The van der Waals surface area contributed by atoms with Crippen LogP contribution in [-0.2, 0) is 6.18 Å². The predicted molar refractivity (Wildman–Crippen MR) is 47.1 cm³/mol. The fourth-order valence-corrected chi connectivity index (χ4v) is 1.31. The molecule has 0 radical (unpaired) electrons. The van der Waals surface area contributed by atoms with Crippen LogP contribution in [0, 0.1) is 0 Å². The highest BCUT2D eigenvalue weighted by molar-refractivity contribution is 5.60. The molecule has 1 aromatic carbocycles. The molecular formula is C10H7F3O2. The third kappa shape index (κ3) is 1.97. The number of aliphatic hydroxyl groups is 1. The van der Waals surface area contributed by atoms with Crippen molar-refractivity contribution in [3.05, 3.63) is 35.4 Å². The maximum Gasteiger partial charge on any atom is 0.416 e. The van der Waals surface area contributed by atoms with Crippen molar-refractivity contribution in [3.63, 3.8) is 0 Å². The quantitative estimate of drug-likeness (QED) is 0.721. The van der Waals surface area contributed by atoms with E-state index >= 15 is 0 Å². The Morgan fingerprint density at radius 3 is 2.67 bits per heavy atom. The minimum atomic E-state index is -4.40. The first-order valence-electron chi connectivity index (χ1n) is 4.21. The molecule has 5 heteroatoms. The summed E-state index contributed by atoms with van der Waals surface area (Å²) in [4.78, 5) is 0. The standard InChI is InChI=1S/C10H7F3O2/c11-10(12,13)7-3-1-6-2-4-9(14)15-8(6)5-7/h1-5,9,14H. The number of ether oxygens (including phenoxy) is 1. The molecule has 2 nitrogen and oxygen atoms in total. The second-order valence-electron chi connectivity index (χ2n) is 3.12. The van der Waals surface area contributed by atoms with Crippen LogP contribution in [0.3, 0.4) is 0 Å². The van der Waals surface area contributed by atoms with E-state index in [0.29, 0.717) is 5.56 Å². The lowest BCUT2D eigenvalue weighted by Gasteiger charge is -2.18. The van der Waals surface area contributed by atoms with Gasteiger partial charge in [0.05, 0.1) is 5.56 Å². The molecule has 1 unspecified atom stereocenters. The van der Waals surface area contributed by atoms with Gasteiger partial charge in [-0.2, -0.15) is 13.2 Å². The van der Waals surface area contributed by atoms with Crippen molar-refractivity contribution in [1.82, 2.24) is 0 Å². The van der Waals surface area contributed by atoms with E-state index in [9.17, 15) is 13.2 Å². The topological polar surface area (TPSA) is 29.5 Å². The number of rotatable bonds is 0. The molecule has 2 rings (SSSR count). The Hall–Kier alpha value is -1.49. The van der Waals surface area contributed by atoms with E-state index in [1.807, 2.05) is 0 Å². The van der Waals surface area contributed by atoms with E-state index in [1.54, 1.807) is 0 Å². The zero-order valence-corrected chi connectivity index (χ0v) is 7.45. The lowest BCUT2D eigenvalue weighted by Crippen LogP contribution is -2.16. The molecule has 0 fully saturated rings. The summed E-state index contributed by atoms with van der Waals surface area (Å²) in [5, 5.41) is 9.06. The fourth-order valence-electron chi connectivity index (χ4n) is 1.31. The Bertz CT molecular complexity index is 410. The molecule has 1 aliphatic rings. The highest BCUT2D eigenvalue weighted by atomic mass is 19.4. The number of aliphatic hydroxyl groups excluding tert-OH is 1. The Morgan fingerprint density at radius 1 is 1.27 bits per heavy atom. The number of alkyl halides is 3. The van der Waals surface area contributed by atoms with Gasteiger partial charge >= 0.3 is 6.18 Å². The smallest absolute Gasteiger partial charge is 0.416 e. The zero-order valence-electron chi connectivity index (χ0n) is 7.45. The number of hydrogen-bond acceptors (Lipinski definition) is 2. The van der Waals surface area contributed by atoms with E-state index < -0.39 is 18.0 Å². The third-order valence-corrected chi connectivity index (χ3v) is 2.03. The molecule has 0 aromatic heterocycles. The second kappa shape index (κ2) is 3.27. The molecule has 1 N–H and O–H groups in total. The first-order valence-corrected chi connectivity index (χ1v) is 4.21. The van der Waals surface area contributed by atoms with Crippen LogP contribution in [0.5, 0.6) is 5.75 Å². The molecule has 0 spiro atoms. The van der Waals surface area contributed by atoms with E-state index in [0.717, 1.165) is 12.1 Å². The van der Waals surface area contributed by atoms with E-state index in [4.69, 9.17) is 9.84 Å². The Labute approximate surface area is 83.6 Å². The van der Waals surface area contributed by atoms with Gasteiger partial charge < -0.3 is 9.84 Å². The van der Waals surface area contributed by atoms with Crippen LogP contribution in [0.15, 0.2) is 24.3 Å². The van der Waals surface area contributed by atoms with Crippen LogP contribution in [-0.4, -0.2) is 11.4 Å². The Balaban J connectivity index is 2.43. The van der Waals surface area contributed by atoms with Crippen LogP contribution in [0.25, 0.3) is 6.08 Å². The van der Waals surface area contributed by atoms with Crippen molar-refractivity contribution in [2.24, 2.45) is 0 Å². The van der Waals surface area contributed by atoms with Crippen molar-refractivity contribution < 1.29 is 23.0 Å². The number of halogens is 3. The maximum atomic E-state index is 12.3. The largest absolute Gasteiger partial charge is 0.461 e. The third-order valence-electron chi connectivity index (χ3n) is 2.03. The molecule has 0 bridgehead atoms. The molecule has 0 amide bonds. The van der Waals surface area contributed by atoms with Crippen molar-refractivity contribution >= 4 is 6.08 Å². The summed E-state index contributed by atoms with van der Waals surface area (Å²) in [6.07, 6.45) is -2.70. The van der Waals surface area contributed by atoms with Gasteiger partial charge in [0.1, 0.15) is 5.75 Å². The zero-order chi connectivity index (χ0) is 11.1. The normalized spacial score (nSPS) is 19.6. The molecule has 1 heterocycles. The van der Waals surface area contributed by atoms with E-state index in [2.05, 4.69) is 0 Å². The van der Waals surface area contributed by atoms with Gasteiger partial charge in [0.15, 0.2) is 0 Å². The van der Waals surface area contributed by atoms with Crippen molar-refractivity contribution in [3.8, 4) is 5.75 Å². The van der Waals surface area contributed by atoms with Crippen molar-refractivity contribution in [1.29, 1.82) is 0 Å². The van der Waals surface area contributed by atoms with Crippen LogP contribution < -0.4 is 4.74 Å². The Morgan fingerprint density at radius 2 is 2.00 bits per heavy atom. The van der Waals surface area contributed by atoms with Gasteiger partial charge in [-0.3, -0.25) is 0 Å². The van der Waals surface area contributed by atoms with Crippen LogP contribution in [0.2, 0.25) is 0 Å². The van der Waals surface area contributed by atoms with E-state index in [-0.39, 0.29) is 5.75 Å².